The van der Waals surface area contributed by atoms with Crippen molar-refractivity contribution in [1.82, 2.24) is 10.2 Å². The first-order valence-electron chi connectivity index (χ1n) is 13.3. The first-order valence-corrected chi connectivity index (χ1v) is 15.2. The van der Waals surface area contributed by atoms with Gasteiger partial charge in [-0.2, -0.15) is 0 Å². The summed E-state index contributed by atoms with van der Waals surface area (Å²) in [6.45, 7) is 0.257. The Bertz CT molecular complexity index is 1220. The van der Waals surface area contributed by atoms with Gasteiger partial charge in [-0.25, -0.2) is 4.39 Å². The molecule has 1 aliphatic carbocycles. The average Bonchev–Trinajstić information content (AvgIpc) is 2.94. The Morgan fingerprint density at radius 1 is 0.923 bits per heavy atom. The second-order valence-electron chi connectivity index (χ2n) is 9.89. The Morgan fingerprint density at radius 3 is 2.33 bits per heavy atom. The fourth-order valence-electron chi connectivity index (χ4n) is 4.88. The topological polar surface area (TPSA) is 49.4 Å². The summed E-state index contributed by atoms with van der Waals surface area (Å²) in [5.41, 5.74) is 2.22. The quantitative estimate of drug-likeness (QED) is 0.254. The Hall–Kier alpha value is -2.54. The maximum absolute atomic E-state index is 14.3. The lowest BCUT2D eigenvalue weighted by atomic mass is 9.94. The lowest BCUT2D eigenvalue weighted by Gasteiger charge is -2.33. The highest BCUT2D eigenvalue weighted by molar-refractivity contribution is 7.99. The van der Waals surface area contributed by atoms with Gasteiger partial charge in [0.25, 0.3) is 0 Å². The maximum atomic E-state index is 14.3. The van der Waals surface area contributed by atoms with Crippen molar-refractivity contribution >= 4 is 46.8 Å². The maximum Gasteiger partial charge on any atom is 0.243 e. The van der Waals surface area contributed by atoms with Gasteiger partial charge in [0.15, 0.2) is 0 Å². The molecule has 0 bridgehead atoms. The molecule has 2 amide bonds. The van der Waals surface area contributed by atoms with Crippen LogP contribution in [0.25, 0.3) is 0 Å². The molecule has 39 heavy (non-hydrogen) atoms. The normalized spacial score (nSPS) is 14.5. The van der Waals surface area contributed by atoms with Gasteiger partial charge in [0.05, 0.1) is 5.75 Å². The first-order chi connectivity index (χ1) is 18.9. The fourth-order valence-corrected chi connectivity index (χ4v) is 6.25. The van der Waals surface area contributed by atoms with Crippen molar-refractivity contribution in [3.05, 3.63) is 105 Å². The van der Waals surface area contributed by atoms with Gasteiger partial charge in [0.1, 0.15) is 11.9 Å². The van der Waals surface area contributed by atoms with Crippen LogP contribution in [0.4, 0.5) is 4.39 Å². The van der Waals surface area contributed by atoms with E-state index in [1.54, 1.807) is 29.2 Å². The van der Waals surface area contributed by atoms with Gasteiger partial charge in [-0.1, -0.05) is 91.0 Å². The molecule has 0 unspecified atom stereocenters. The van der Waals surface area contributed by atoms with Gasteiger partial charge in [0.2, 0.25) is 11.8 Å². The van der Waals surface area contributed by atoms with Crippen molar-refractivity contribution in [2.75, 3.05) is 5.75 Å². The van der Waals surface area contributed by atoms with Crippen molar-refractivity contribution in [3.63, 3.8) is 0 Å². The number of hydrogen-bond donors (Lipinski definition) is 1. The number of thioether (sulfide) groups is 1. The molecule has 3 aromatic carbocycles. The van der Waals surface area contributed by atoms with E-state index in [4.69, 9.17) is 23.2 Å². The van der Waals surface area contributed by atoms with Gasteiger partial charge in [0, 0.05) is 40.4 Å². The monoisotopic (exact) mass is 586 g/mol. The smallest absolute Gasteiger partial charge is 0.243 e. The van der Waals surface area contributed by atoms with Gasteiger partial charge in [-0.05, 0) is 48.2 Å². The van der Waals surface area contributed by atoms with E-state index in [9.17, 15) is 14.0 Å². The molecule has 0 aromatic heterocycles. The van der Waals surface area contributed by atoms with E-state index in [0.717, 1.165) is 36.8 Å². The van der Waals surface area contributed by atoms with Crippen molar-refractivity contribution in [3.8, 4) is 0 Å². The molecular formula is C31H33Cl2FN2O2S. The number of nitrogens with zero attached hydrogens (tertiary/aromatic N) is 1. The molecule has 4 nitrogen and oxygen atoms in total. The number of carbonyl (C=O) groups excluding carboxylic acids is 2. The summed E-state index contributed by atoms with van der Waals surface area (Å²) >= 11 is 13.6. The van der Waals surface area contributed by atoms with E-state index in [1.807, 2.05) is 42.5 Å². The highest BCUT2D eigenvalue weighted by atomic mass is 35.5. The van der Waals surface area contributed by atoms with Crippen LogP contribution in [0.5, 0.6) is 0 Å². The molecule has 0 radical (unpaired) electrons. The predicted octanol–water partition coefficient (Wildman–Crippen LogP) is 7.45. The molecule has 3 aromatic rings. The molecule has 1 aliphatic rings. The van der Waals surface area contributed by atoms with E-state index >= 15 is 0 Å². The van der Waals surface area contributed by atoms with E-state index in [1.165, 1.54) is 24.2 Å². The molecule has 206 valence electrons. The summed E-state index contributed by atoms with van der Waals surface area (Å²) in [6.07, 6.45) is 5.67. The largest absolute Gasteiger partial charge is 0.352 e. The predicted molar refractivity (Wildman–Crippen MR) is 159 cm³/mol. The molecule has 1 N–H and O–H groups in total. The minimum Gasteiger partial charge on any atom is -0.352 e. The van der Waals surface area contributed by atoms with Crippen LogP contribution in [-0.4, -0.2) is 34.6 Å². The van der Waals surface area contributed by atoms with Crippen LogP contribution in [0, 0.1) is 5.82 Å². The number of hydrogen-bond acceptors (Lipinski definition) is 3. The van der Waals surface area contributed by atoms with Crippen molar-refractivity contribution in [2.24, 2.45) is 0 Å². The van der Waals surface area contributed by atoms with Gasteiger partial charge in [-0.3, -0.25) is 9.59 Å². The Morgan fingerprint density at radius 2 is 1.64 bits per heavy atom. The van der Waals surface area contributed by atoms with Crippen LogP contribution in [0.2, 0.25) is 10.0 Å². The molecule has 8 heteroatoms. The van der Waals surface area contributed by atoms with E-state index in [0.29, 0.717) is 22.0 Å². The molecule has 1 atom stereocenters. The summed E-state index contributed by atoms with van der Waals surface area (Å²) in [6, 6.07) is 21.0. The van der Waals surface area contributed by atoms with Crippen molar-refractivity contribution in [1.29, 1.82) is 0 Å². The summed E-state index contributed by atoms with van der Waals surface area (Å²) in [5, 5.41) is 4.18. The Balaban J connectivity index is 1.57. The van der Waals surface area contributed by atoms with Crippen LogP contribution >= 0.6 is 35.0 Å². The van der Waals surface area contributed by atoms with E-state index in [2.05, 4.69) is 5.32 Å². The second kappa shape index (κ2) is 14.7. The number of amides is 2. The lowest BCUT2D eigenvalue weighted by molar-refractivity contribution is -0.139. The number of rotatable bonds is 11. The SMILES string of the molecule is O=C(NC1CCCCC1)[C@H](Cc1ccccc1)N(Cc1ccc(Cl)cc1)C(=O)CSCc1c(F)cccc1Cl. The highest BCUT2D eigenvalue weighted by Gasteiger charge is 2.32. The summed E-state index contributed by atoms with van der Waals surface area (Å²) in [7, 11) is 0. The highest BCUT2D eigenvalue weighted by Crippen LogP contribution is 2.25. The number of carbonyl (C=O) groups is 2. The van der Waals surface area contributed by atoms with Crippen molar-refractivity contribution in [2.45, 2.75) is 62.9 Å². The van der Waals surface area contributed by atoms with E-state index < -0.39 is 11.9 Å². The average molecular weight is 588 g/mol. The number of benzene rings is 3. The van der Waals surface area contributed by atoms with Crippen LogP contribution < -0.4 is 5.32 Å². The molecule has 0 heterocycles. The van der Waals surface area contributed by atoms with Gasteiger partial charge >= 0.3 is 0 Å². The van der Waals surface area contributed by atoms with Gasteiger partial charge < -0.3 is 10.2 Å². The molecule has 0 saturated heterocycles. The van der Waals surface area contributed by atoms with E-state index in [-0.39, 0.29) is 35.9 Å². The zero-order chi connectivity index (χ0) is 27.6. The third kappa shape index (κ3) is 8.72. The Labute approximate surface area is 244 Å². The van der Waals surface area contributed by atoms with Crippen molar-refractivity contribution < 1.29 is 14.0 Å². The van der Waals surface area contributed by atoms with Crippen LogP contribution in [0.1, 0.15) is 48.8 Å². The zero-order valence-corrected chi connectivity index (χ0v) is 24.1. The molecule has 4 rings (SSSR count). The molecule has 1 saturated carbocycles. The second-order valence-corrected chi connectivity index (χ2v) is 11.7. The molecule has 0 spiro atoms. The fraction of sp³-hybridized carbons (Fsp3) is 0.355. The third-order valence-corrected chi connectivity index (χ3v) is 8.57. The minimum atomic E-state index is -0.699. The molecule has 0 aliphatic heterocycles. The third-order valence-electron chi connectivity index (χ3n) is 7.02. The van der Waals surface area contributed by atoms with Crippen LogP contribution in [0.15, 0.2) is 72.8 Å². The summed E-state index contributed by atoms with van der Waals surface area (Å²) < 4.78 is 14.3. The minimum absolute atomic E-state index is 0.0836. The lowest BCUT2D eigenvalue weighted by Crippen LogP contribution is -2.53. The Kier molecular flexibility index (Phi) is 11.1. The first kappa shape index (κ1) is 29.4. The number of halogens is 3. The summed E-state index contributed by atoms with van der Waals surface area (Å²) in [4.78, 5) is 29.2. The molecular weight excluding hydrogens is 554 g/mol. The zero-order valence-electron chi connectivity index (χ0n) is 21.8. The summed E-state index contributed by atoms with van der Waals surface area (Å²) in [5.74, 6) is -0.393. The number of nitrogens with one attached hydrogen (secondary N) is 1. The standard InChI is InChI=1S/C31H33Cl2FN2O2S/c32-24-16-14-23(15-17-24)19-36(30(37)21-39-20-26-27(33)12-7-13-28(26)34)29(18-22-8-3-1-4-9-22)31(38)35-25-10-5-2-6-11-25/h1,3-4,7-9,12-17,25,29H,2,5-6,10-11,18-21H2,(H,35,38)/t29-/m0/s1. The van der Waals surface area contributed by atoms with Gasteiger partial charge in [-0.15, -0.1) is 11.8 Å². The van der Waals surface area contributed by atoms with Crippen LogP contribution in [0.3, 0.4) is 0 Å². The van der Waals surface area contributed by atoms with Crippen LogP contribution in [-0.2, 0) is 28.3 Å². The molecule has 1 fully saturated rings.